The van der Waals surface area contributed by atoms with Crippen molar-refractivity contribution < 1.29 is 27.9 Å². The Kier molecular flexibility index (Phi) is 9.38. The molecule has 1 saturated heterocycles. The number of fused-ring (bicyclic) bond motifs is 1. The molecule has 1 aliphatic rings. The first-order valence-corrected chi connectivity index (χ1v) is 14.3. The molecule has 2 aromatic carbocycles. The van der Waals surface area contributed by atoms with E-state index in [2.05, 4.69) is 33.1 Å². The van der Waals surface area contributed by atoms with E-state index in [9.17, 15) is 27.9 Å². The van der Waals surface area contributed by atoms with E-state index in [0.717, 1.165) is 48.7 Å². The summed E-state index contributed by atoms with van der Waals surface area (Å²) in [4.78, 5) is 32.2. The van der Waals surface area contributed by atoms with Gasteiger partial charge in [-0.2, -0.15) is 13.2 Å². The van der Waals surface area contributed by atoms with Crippen LogP contribution >= 0.6 is 15.9 Å². The number of alkyl halides is 3. The Balaban J connectivity index is 1.70. The standard InChI is InChI=1S/C30H33BrF3N3O3/c1-3-19-7-6-14-37(17-19)28-18(2)27(23-15-21(31)11-12-25(23)36-28)29(40)35-16-20(10-13-26(38)39)22-8-4-5-9-24(22)30(32,33)34/h4-5,8-9,11-12,15,19-20H,3,6-7,10,13-14,16-17H2,1-2H3,(H,35,40)(H,38,39). The number of nitrogens with zero attached hydrogens (tertiary/aromatic N) is 2. The van der Waals surface area contributed by atoms with Gasteiger partial charge in [0.2, 0.25) is 0 Å². The van der Waals surface area contributed by atoms with E-state index >= 15 is 0 Å². The van der Waals surface area contributed by atoms with Gasteiger partial charge in [0.05, 0.1) is 16.6 Å². The molecular weight excluding hydrogens is 587 g/mol. The second-order valence-corrected chi connectivity index (χ2v) is 11.3. The van der Waals surface area contributed by atoms with Crippen molar-refractivity contribution in [2.45, 2.75) is 58.0 Å². The lowest BCUT2D eigenvalue weighted by atomic mass is 9.89. The number of carboxylic acid groups (broad SMARTS) is 1. The molecule has 2 heterocycles. The van der Waals surface area contributed by atoms with Crippen LogP contribution in [0.2, 0.25) is 0 Å². The van der Waals surface area contributed by atoms with Crippen molar-refractivity contribution in [2.24, 2.45) is 5.92 Å². The summed E-state index contributed by atoms with van der Waals surface area (Å²) in [7, 11) is 0. The summed E-state index contributed by atoms with van der Waals surface area (Å²) in [6.07, 6.45) is -1.75. The zero-order valence-corrected chi connectivity index (χ0v) is 24.1. The van der Waals surface area contributed by atoms with E-state index in [-0.39, 0.29) is 24.9 Å². The maximum atomic E-state index is 13.8. The van der Waals surface area contributed by atoms with Crippen LogP contribution in [0, 0.1) is 12.8 Å². The number of pyridine rings is 1. The van der Waals surface area contributed by atoms with Crippen LogP contribution in [-0.4, -0.2) is 41.6 Å². The average Bonchev–Trinajstić information content (AvgIpc) is 2.92. The van der Waals surface area contributed by atoms with E-state index in [1.165, 1.54) is 18.2 Å². The second kappa shape index (κ2) is 12.6. The molecule has 1 fully saturated rings. The molecule has 0 saturated carbocycles. The summed E-state index contributed by atoms with van der Waals surface area (Å²) >= 11 is 3.47. The average molecular weight is 621 g/mol. The molecule has 2 N–H and O–H groups in total. The van der Waals surface area contributed by atoms with Crippen molar-refractivity contribution >= 4 is 44.5 Å². The molecule has 0 spiro atoms. The number of amides is 1. The Morgan fingerprint density at radius 1 is 1.23 bits per heavy atom. The minimum Gasteiger partial charge on any atom is -0.481 e. The van der Waals surface area contributed by atoms with Crippen LogP contribution < -0.4 is 10.2 Å². The second-order valence-electron chi connectivity index (χ2n) is 10.4. The molecule has 0 aliphatic carbocycles. The Hall–Kier alpha value is -3.14. The molecule has 10 heteroatoms. The summed E-state index contributed by atoms with van der Waals surface area (Å²) in [5.74, 6) is -1.11. The van der Waals surface area contributed by atoms with Crippen LogP contribution in [-0.2, 0) is 11.0 Å². The van der Waals surface area contributed by atoms with Gasteiger partial charge in [0.1, 0.15) is 5.82 Å². The highest BCUT2D eigenvalue weighted by molar-refractivity contribution is 9.10. The summed E-state index contributed by atoms with van der Waals surface area (Å²) in [6.45, 7) is 5.56. The Morgan fingerprint density at radius 3 is 2.67 bits per heavy atom. The number of carboxylic acids is 1. The number of anilines is 1. The summed E-state index contributed by atoms with van der Waals surface area (Å²) in [5.41, 5.74) is 0.915. The van der Waals surface area contributed by atoms with Crippen molar-refractivity contribution in [2.75, 3.05) is 24.5 Å². The van der Waals surface area contributed by atoms with E-state index < -0.39 is 29.5 Å². The van der Waals surface area contributed by atoms with E-state index in [1.54, 1.807) is 0 Å². The van der Waals surface area contributed by atoms with Gasteiger partial charge in [-0.25, -0.2) is 4.98 Å². The minimum absolute atomic E-state index is 0.0322. The molecular formula is C30H33BrF3N3O3. The third-order valence-electron chi connectivity index (χ3n) is 7.71. The van der Waals surface area contributed by atoms with Crippen molar-refractivity contribution in [1.29, 1.82) is 0 Å². The van der Waals surface area contributed by atoms with Crippen molar-refractivity contribution in [3.63, 3.8) is 0 Å². The quantitative estimate of drug-likeness (QED) is 0.262. The van der Waals surface area contributed by atoms with E-state index in [1.807, 2.05) is 25.1 Å². The van der Waals surface area contributed by atoms with Crippen LogP contribution in [0.3, 0.4) is 0 Å². The maximum Gasteiger partial charge on any atom is 0.416 e. The highest BCUT2D eigenvalue weighted by atomic mass is 79.9. The van der Waals surface area contributed by atoms with Crippen LogP contribution in [0.5, 0.6) is 0 Å². The van der Waals surface area contributed by atoms with Gasteiger partial charge < -0.3 is 15.3 Å². The molecule has 0 radical (unpaired) electrons. The number of hydrogen-bond acceptors (Lipinski definition) is 4. The number of halogens is 4. The predicted octanol–water partition coefficient (Wildman–Crippen LogP) is 7.33. The van der Waals surface area contributed by atoms with E-state index in [0.29, 0.717) is 27.9 Å². The lowest BCUT2D eigenvalue weighted by molar-refractivity contribution is -0.138. The number of aromatic nitrogens is 1. The number of nitrogens with one attached hydrogen (secondary N) is 1. The zero-order valence-electron chi connectivity index (χ0n) is 22.5. The molecule has 2 unspecified atom stereocenters. The van der Waals surface area contributed by atoms with Crippen molar-refractivity contribution in [3.8, 4) is 0 Å². The molecule has 1 aromatic heterocycles. The molecule has 6 nitrogen and oxygen atoms in total. The van der Waals surface area contributed by atoms with Gasteiger partial charge in [0.25, 0.3) is 5.91 Å². The number of hydrogen-bond donors (Lipinski definition) is 2. The molecule has 2 atom stereocenters. The van der Waals surface area contributed by atoms with E-state index in [4.69, 9.17) is 4.98 Å². The van der Waals surface area contributed by atoms with Gasteiger partial charge >= 0.3 is 12.1 Å². The Bertz CT molecular complexity index is 1400. The maximum absolute atomic E-state index is 13.8. The molecule has 40 heavy (non-hydrogen) atoms. The lowest BCUT2D eigenvalue weighted by Gasteiger charge is -2.34. The first kappa shape index (κ1) is 29.8. The highest BCUT2D eigenvalue weighted by Gasteiger charge is 2.35. The first-order chi connectivity index (χ1) is 19.0. The monoisotopic (exact) mass is 619 g/mol. The highest BCUT2D eigenvalue weighted by Crippen LogP contribution is 2.37. The fourth-order valence-electron chi connectivity index (χ4n) is 5.59. The number of aliphatic carboxylic acids is 1. The molecule has 3 aromatic rings. The van der Waals surface area contributed by atoms with Gasteiger partial charge in [-0.1, -0.05) is 47.5 Å². The van der Waals surface area contributed by atoms with Gasteiger partial charge in [0, 0.05) is 47.4 Å². The van der Waals surface area contributed by atoms with Gasteiger partial charge in [0.15, 0.2) is 0 Å². The number of carbonyl (C=O) groups is 2. The molecule has 4 rings (SSSR count). The van der Waals surface area contributed by atoms with Gasteiger partial charge in [-0.15, -0.1) is 0 Å². The Morgan fingerprint density at radius 2 is 1.98 bits per heavy atom. The molecule has 214 valence electrons. The summed E-state index contributed by atoms with van der Waals surface area (Å²) < 4.78 is 42.1. The number of rotatable bonds is 9. The van der Waals surface area contributed by atoms with Crippen molar-refractivity contribution in [3.05, 3.63) is 69.2 Å². The molecule has 1 amide bonds. The number of benzene rings is 2. The van der Waals surface area contributed by atoms with Crippen LogP contribution in [0.25, 0.3) is 10.9 Å². The number of carbonyl (C=O) groups excluding carboxylic acids is 1. The molecule has 1 aliphatic heterocycles. The smallest absolute Gasteiger partial charge is 0.416 e. The number of piperidine rings is 1. The predicted molar refractivity (Wildman–Crippen MR) is 153 cm³/mol. The van der Waals surface area contributed by atoms with Crippen LogP contribution in [0.4, 0.5) is 19.0 Å². The fourth-order valence-corrected chi connectivity index (χ4v) is 5.95. The van der Waals surface area contributed by atoms with Gasteiger partial charge in [-0.05, 0) is 61.9 Å². The SMILES string of the molecule is CCC1CCCN(c2nc3ccc(Br)cc3c(C(=O)NCC(CCC(=O)O)c3ccccc3C(F)(F)F)c2C)C1. The first-order valence-electron chi connectivity index (χ1n) is 13.5. The van der Waals surface area contributed by atoms with Crippen LogP contribution in [0.1, 0.15) is 72.0 Å². The normalized spacial score (nSPS) is 16.6. The third kappa shape index (κ3) is 6.77. The topological polar surface area (TPSA) is 82.5 Å². The van der Waals surface area contributed by atoms with Gasteiger partial charge in [-0.3, -0.25) is 9.59 Å². The third-order valence-corrected chi connectivity index (χ3v) is 8.20. The lowest BCUT2D eigenvalue weighted by Crippen LogP contribution is -2.37. The van der Waals surface area contributed by atoms with Crippen molar-refractivity contribution in [1.82, 2.24) is 10.3 Å². The summed E-state index contributed by atoms with van der Waals surface area (Å²) in [6, 6.07) is 10.6. The Labute approximate surface area is 240 Å². The largest absolute Gasteiger partial charge is 0.481 e. The zero-order chi connectivity index (χ0) is 29.0. The minimum atomic E-state index is -4.61. The molecule has 0 bridgehead atoms. The van der Waals surface area contributed by atoms with Crippen LogP contribution in [0.15, 0.2) is 46.9 Å². The fraction of sp³-hybridized carbons (Fsp3) is 0.433. The summed E-state index contributed by atoms with van der Waals surface area (Å²) in [5, 5.41) is 12.7.